The molecule has 0 saturated heterocycles. The number of aryl methyl sites for hydroxylation is 1. The Morgan fingerprint density at radius 2 is 1.54 bits per heavy atom. The molecule has 0 atom stereocenters. The van der Waals surface area contributed by atoms with Crippen LogP contribution in [0.3, 0.4) is 0 Å². The highest BCUT2D eigenvalue weighted by Crippen LogP contribution is 2.26. The van der Waals surface area contributed by atoms with Gasteiger partial charge in [0.1, 0.15) is 5.65 Å². The van der Waals surface area contributed by atoms with Crippen LogP contribution in [0.4, 0.5) is 11.4 Å². The fourth-order valence-corrected chi connectivity index (χ4v) is 3.63. The van der Waals surface area contributed by atoms with E-state index < -0.39 is 0 Å². The Hall–Kier alpha value is -3.53. The van der Waals surface area contributed by atoms with Crippen molar-refractivity contribution in [2.45, 2.75) is 0 Å². The number of hydrogen-bond donors (Lipinski definition) is 2. The summed E-state index contributed by atoms with van der Waals surface area (Å²) in [6.45, 7) is 0. The van der Waals surface area contributed by atoms with Gasteiger partial charge in [-0.2, -0.15) is 0 Å². The first-order chi connectivity index (χ1) is 12.7. The molecule has 5 aromatic rings. The van der Waals surface area contributed by atoms with Gasteiger partial charge in [0.15, 0.2) is 0 Å². The van der Waals surface area contributed by atoms with E-state index in [0.29, 0.717) is 0 Å². The van der Waals surface area contributed by atoms with Gasteiger partial charge in [-0.25, -0.2) is 4.99 Å². The summed E-state index contributed by atoms with van der Waals surface area (Å²) in [6, 6.07) is 24.4. The van der Waals surface area contributed by atoms with Crippen LogP contribution in [0.2, 0.25) is 0 Å². The van der Waals surface area contributed by atoms with E-state index in [9.17, 15) is 0 Å². The molecule has 0 radical (unpaired) electrons. The molecule has 0 fully saturated rings. The predicted octanol–water partition coefficient (Wildman–Crippen LogP) is 4.63. The maximum Gasteiger partial charge on any atom is 0.120 e. The number of rotatable bonds is 1. The summed E-state index contributed by atoms with van der Waals surface area (Å²) in [6.07, 6.45) is 0. The highest BCUT2D eigenvalue weighted by Gasteiger charge is 2.12. The Bertz CT molecular complexity index is 1340. The molecule has 126 valence electrons. The molecule has 4 heteroatoms. The molecule has 0 bridgehead atoms. The summed E-state index contributed by atoms with van der Waals surface area (Å²) in [5.74, 6) is 0. The number of nitrogens with one attached hydrogen (secondary N) is 1. The molecular formula is C22H18N4. The topological polar surface area (TPSA) is 59.1 Å². The number of pyridine rings is 1. The van der Waals surface area contributed by atoms with E-state index in [0.717, 1.165) is 44.2 Å². The van der Waals surface area contributed by atoms with Gasteiger partial charge in [0.25, 0.3) is 0 Å². The molecule has 0 aliphatic carbocycles. The second-order valence-electron chi connectivity index (χ2n) is 6.52. The average molecular weight is 338 g/mol. The van der Waals surface area contributed by atoms with E-state index in [2.05, 4.69) is 59.1 Å². The van der Waals surface area contributed by atoms with Crippen LogP contribution in [0.15, 0.2) is 77.8 Å². The van der Waals surface area contributed by atoms with Crippen molar-refractivity contribution < 1.29 is 0 Å². The number of aromatic amines is 1. The van der Waals surface area contributed by atoms with Gasteiger partial charge in [-0.15, -0.1) is 0 Å². The van der Waals surface area contributed by atoms with E-state index in [-0.39, 0.29) is 0 Å². The third kappa shape index (κ3) is 2.12. The maximum absolute atomic E-state index is 5.83. The van der Waals surface area contributed by atoms with Gasteiger partial charge in [0.05, 0.1) is 21.9 Å². The minimum atomic E-state index is 0.741. The lowest BCUT2D eigenvalue weighted by Gasteiger charge is -2.09. The number of fused-ring (bicyclic) bond motifs is 4. The maximum atomic E-state index is 5.83. The quantitative estimate of drug-likeness (QED) is 0.430. The van der Waals surface area contributed by atoms with Crippen molar-refractivity contribution in [3.8, 4) is 0 Å². The molecule has 0 amide bonds. The zero-order valence-electron chi connectivity index (χ0n) is 14.4. The van der Waals surface area contributed by atoms with Crippen molar-refractivity contribution >= 4 is 44.2 Å². The van der Waals surface area contributed by atoms with E-state index in [1.807, 2.05) is 30.3 Å². The minimum Gasteiger partial charge on any atom is -0.399 e. The molecule has 3 aromatic carbocycles. The highest BCUT2D eigenvalue weighted by atomic mass is 15.0. The lowest BCUT2D eigenvalue weighted by Crippen LogP contribution is -2.10. The largest absolute Gasteiger partial charge is 0.399 e. The van der Waals surface area contributed by atoms with Crippen molar-refractivity contribution in [1.82, 2.24) is 9.55 Å². The third-order valence-corrected chi connectivity index (χ3v) is 4.91. The fraction of sp³-hybridized carbons (Fsp3) is 0.0455. The van der Waals surface area contributed by atoms with E-state index in [1.54, 1.807) is 0 Å². The van der Waals surface area contributed by atoms with Gasteiger partial charge in [-0.05, 0) is 36.4 Å². The SMILES string of the molecule is Cn1c2ccccc2c(=Nc2ccc(N)cc2)c2c3ccccc3[nH]c21. The normalized spacial score (nSPS) is 12.4. The number of aromatic nitrogens is 2. The molecule has 0 spiro atoms. The molecule has 0 aliphatic heterocycles. The smallest absolute Gasteiger partial charge is 0.120 e. The van der Waals surface area contributed by atoms with Crippen LogP contribution in [0.25, 0.3) is 32.8 Å². The molecule has 5 rings (SSSR count). The van der Waals surface area contributed by atoms with Gasteiger partial charge in [0.2, 0.25) is 0 Å². The summed E-state index contributed by atoms with van der Waals surface area (Å²) in [5, 5.41) is 4.43. The number of hydrogen-bond acceptors (Lipinski definition) is 2. The van der Waals surface area contributed by atoms with E-state index >= 15 is 0 Å². The average Bonchev–Trinajstić information content (AvgIpc) is 3.07. The molecule has 26 heavy (non-hydrogen) atoms. The van der Waals surface area contributed by atoms with Crippen LogP contribution in [0.5, 0.6) is 0 Å². The Labute approximate surface area is 150 Å². The van der Waals surface area contributed by atoms with Crippen LogP contribution in [-0.2, 0) is 7.05 Å². The lowest BCUT2D eigenvalue weighted by molar-refractivity contribution is 0.984. The van der Waals surface area contributed by atoms with Crippen molar-refractivity contribution in [3.05, 3.63) is 78.2 Å². The third-order valence-electron chi connectivity index (χ3n) is 4.91. The first-order valence-electron chi connectivity index (χ1n) is 8.61. The van der Waals surface area contributed by atoms with Crippen molar-refractivity contribution in [3.63, 3.8) is 0 Å². The second-order valence-corrected chi connectivity index (χ2v) is 6.52. The first kappa shape index (κ1) is 14.8. The number of nitrogens with zero attached hydrogens (tertiary/aromatic N) is 2. The van der Waals surface area contributed by atoms with Crippen LogP contribution in [0, 0.1) is 0 Å². The molecule has 2 aromatic heterocycles. The van der Waals surface area contributed by atoms with Crippen LogP contribution >= 0.6 is 0 Å². The monoisotopic (exact) mass is 338 g/mol. The van der Waals surface area contributed by atoms with Gasteiger partial charge < -0.3 is 15.3 Å². The zero-order valence-corrected chi connectivity index (χ0v) is 14.4. The number of H-pyrrole nitrogens is 1. The first-order valence-corrected chi connectivity index (χ1v) is 8.61. The highest BCUT2D eigenvalue weighted by molar-refractivity contribution is 6.09. The Morgan fingerprint density at radius 3 is 2.35 bits per heavy atom. The molecule has 4 nitrogen and oxygen atoms in total. The summed E-state index contributed by atoms with van der Waals surface area (Å²) < 4.78 is 2.20. The van der Waals surface area contributed by atoms with Gasteiger partial charge in [0, 0.05) is 29.0 Å². The van der Waals surface area contributed by atoms with Gasteiger partial charge in [-0.1, -0.05) is 36.4 Å². The van der Waals surface area contributed by atoms with Crippen LogP contribution in [0.1, 0.15) is 0 Å². The predicted molar refractivity (Wildman–Crippen MR) is 108 cm³/mol. The van der Waals surface area contributed by atoms with Crippen molar-refractivity contribution in [2.75, 3.05) is 5.73 Å². The van der Waals surface area contributed by atoms with E-state index in [4.69, 9.17) is 10.7 Å². The lowest BCUT2D eigenvalue weighted by atomic mass is 10.1. The second kappa shape index (κ2) is 5.49. The molecule has 2 heterocycles. The number of anilines is 1. The fourth-order valence-electron chi connectivity index (χ4n) is 3.63. The van der Waals surface area contributed by atoms with Gasteiger partial charge >= 0.3 is 0 Å². The van der Waals surface area contributed by atoms with Crippen LogP contribution in [-0.4, -0.2) is 9.55 Å². The Morgan fingerprint density at radius 1 is 0.846 bits per heavy atom. The molecular weight excluding hydrogens is 320 g/mol. The van der Waals surface area contributed by atoms with E-state index in [1.165, 1.54) is 5.39 Å². The summed E-state index contributed by atoms with van der Waals surface area (Å²) >= 11 is 0. The Balaban J connectivity index is 2.04. The molecule has 0 saturated carbocycles. The molecule has 3 N–H and O–H groups in total. The van der Waals surface area contributed by atoms with Crippen molar-refractivity contribution in [1.29, 1.82) is 0 Å². The van der Waals surface area contributed by atoms with Crippen molar-refractivity contribution in [2.24, 2.45) is 12.0 Å². The summed E-state index contributed by atoms with van der Waals surface area (Å²) in [5.41, 5.74) is 10.8. The molecule has 0 unspecified atom stereocenters. The number of nitrogens with two attached hydrogens (primary N) is 1. The number of benzene rings is 3. The Kier molecular flexibility index (Phi) is 3.12. The summed E-state index contributed by atoms with van der Waals surface area (Å²) in [4.78, 5) is 8.57. The minimum absolute atomic E-state index is 0.741. The molecule has 0 aliphatic rings. The number of para-hydroxylation sites is 2. The van der Waals surface area contributed by atoms with Crippen LogP contribution < -0.4 is 11.1 Å². The summed E-state index contributed by atoms with van der Waals surface area (Å²) in [7, 11) is 2.09. The zero-order chi connectivity index (χ0) is 17.7. The van der Waals surface area contributed by atoms with Gasteiger partial charge in [-0.3, -0.25) is 0 Å². The number of nitrogen functional groups attached to an aromatic ring is 1. The standard InChI is InChI=1S/C22H18N4/c1-26-19-9-5-3-7-17(19)21(24-15-12-10-14(23)11-13-15)20-16-6-2-4-8-18(16)25-22(20)26/h2-13,25H,23H2,1H3.